The number of benzene rings is 3. The third-order valence-electron chi connectivity index (χ3n) is 5.02. The fraction of sp³-hybridized carbons (Fsp3) is 0. The van der Waals surface area contributed by atoms with Crippen LogP contribution in [0.4, 0.5) is 5.69 Å². The molecule has 6 nitrogen and oxygen atoms in total. The minimum absolute atomic E-state index is 0.0390. The predicted octanol–water partition coefficient (Wildman–Crippen LogP) is 4.44. The quantitative estimate of drug-likeness (QED) is 0.442. The first-order valence-corrected chi connectivity index (χ1v) is 11.7. The Bertz CT molecular complexity index is 1440. The van der Waals surface area contributed by atoms with E-state index in [2.05, 4.69) is 10.3 Å². The number of rotatable bonds is 3. The zero-order chi connectivity index (χ0) is 21.6. The van der Waals surface area contributed by atoms with Crippen LogP contribution in [0.25, 0.3) is 10.6 Å². The first kappa shape index (κ1) is 19.3. The van der Waals surface area contributed by atoms with E-state index < -0.39 is 15.7 Å². The summed E-state index contributed by atoms with van der Waals surface area (Å²) in [5, 5.41) is 5.52. The number of fused-ring (bicyclic) bond motifs is 2. The molecule has 0 radical (unpaired) electrons. The number of carbonyl (C=O) groups excluding carboxylic acids is 2. The smallest absolute Gasteiger partial charge is 0.255 e. The van der Waals surface area contributed by atoms with Crippen molar-refractivity contribution in [2.45, 2.75) is 9.79 Å². The van der Waals surface area contributed by atoms with Crippen molar-refractivity contribution in [2.24, 2.45) is 0 Å². The Balaban J connectivity index is 1.45. The standard InChI is InChI=1S/C23H14N2O4S2/c26-21-17-3-1-2-4-19(17)31(28,29)20-13-15(7-10-18(20)21)22(27)25-16-8-5-14(6-9-16)23-24-11-12-30-23/h1-13H,(H,25,27). The summed E-state index contributed by atoms with van der Waals surface area (Å²) in [5.74, 6) is -0.837. The van der Waals surface area contributed by atoms with E-state index in [1.54, 1.807) is 30.5 Å². The van der Waals surface area contributed by atoms with Crippen molar-refractivity contribution in [1.82, 2.24) is 4.98 Å². The third-order valence-corrected chi connectivity index (χ3v) is 7.70. The first-order chi connectivity index (χ1) is 14.9. The largest absolute Gasteiger partial charge is 0.322 e. The highest BCUT2D eigenvalue weighted by Crippen LogP contribution is 2.35. The van der Waals surface area contributed by atoms with Crippen LogP contribution in [0.2, 0.25) is 0 Å². The maximum atomic E-state index is 13.0. The van der Waals surface area contributed by atoms with Gasteiger partial charge in [0.2, 0.25) is 9.84 Å². The molecule has 0 aliphatic carbocycles. The summed E-state index contributed by atoms with van der Waals surface area (Å²) in [6.45, 7) is 0. The Hall–Kier alpha value is -3.62. The molecule has 8 heteroatoms. The van der Waals surface area contributed by atoms with E-state index in [0.717, 1.165) is 10.6 Å². The molecule has 5 rings (SSSR count). The minimum Gasteiger partial charge on any atom is -0.322 e. The van der Waals surface area contributed by atoms with Crippen LogP contribution in [-0.2, 0) is 9.84 Å². The van der Waals surface area contributed by atoms with Crippen molar-refractivity contribution in [3.8, 4) is 10.6 Å². The summed E-state index contributed by atoms with van der Waals surface area (Å²) >= 11 is 1.52. The van der Waals surface area contributed by atoms with Crippen molar-refractivity contribution in [3.05, 3.63) is 95.0 Å². The summed E-state index contributed by atoms with van der Waals surface area (Å²) in [6, 6.07) is 17.4. The Morgan fingerprint density at radius 2 is 1.65 bits per heavy atom. The lowest BCUT2D eigenvalue weighted by Gasteiger charge is -2.19. The Kier molecular flexibility index (Phi) is 4.53. The molecule has 0 atom stereocenters. The van der Waals surface area contributed by atoms with Gasteiger partial charge in [0.15, 0.2) is 5.78 Å². The van der Waals surface area contributed by atoms with Gasteiger partial charge in [-0.05, 0) is 54.6 Å². The third kappa shape index (κ3) is 3.26. The van der Waals surface area contributed by atoms with Crippen molar-refractivity contribution in [2.75, 3.05) is 5.32 Å². The van der Waals surface area contributed by atoms with E-state index in [0.29, 0.717) is 5.69 Å². The van der Waals surface area contributed by atoms with E-state index in [4.69, 9.17) is 0 Å². The second-order valence-corrected chi connectivity index (χ2v) is 9.69. The number of nitrogens with zero attached hydrogens (tertiary/aromatic N) is 1. The number of amides is 1. The van der Waals surface area contributed by atoms with Crippen molar-refractivity contribution in [1.29, 1.82) is 0 Å². The van der Waals surface area contributed by atoms with Crippen LogP contribution in [-0.4, -0.2) is 25.1 Å². The van der Waals surface area contributed by atoms with Gasteiger partial charge in [-0.3, -0.25) is 9.59 Å². The Labute approximate surface area is 182 Å². The molecule has 0 saturated carbocycles. The zero-order valence-electron chi connectivity index (χ0n) is 15.9. The molecule has 1 amide bonds. The Morgan fingerprint density at radius 3 is 2.39 bits per heavy atom. The van der Waals surface area contributed by atoms with Gasteiger partial charge in [-0.25, -0.2) is 13.4 Å². The summed E-state index contributed by atoms with van der Waals surface area (Å²) in [6.07, 6.45) is 1.73. The molecule has 1 aliphatic heterocycles. The average molecular weight is 447 g/mol. The van der Waals surface area contributed by atoms with Gasteiger partial charge in [-0.2, -0.15) is 0 Å². The number of ketones is 1. The maximum Gasteiger partial charge on any atom is 0.255 e. The van der Waals surface area contributed by atoms with E-state index in [1.165, 1.54) is 41.7 Å². The molecule has 0 saturated heterocycles. The molecule has 0 bridgehead atoms. The lowest BCUT2D eigenvalue weighted by atomic mass is 10.0. The molecule has 0 fully saturated rings. The second-order valence-electron chi connectivity index (χ2n) is 6.91. The lowest BCUT2D eigenvalue weighted by molar-refractivity contribution is 0.101. The fourth-order valence-electron chi connectivity index (χ4n) is 3.49. The number of hydrogen-bond donors (Lipinski definition) is 1. The van der Waals surface area contributed by atoms with Gasteiger partial charge in [-0.1, -0.05) is 12.1 Å². The molecule has 2 heterocycles. The van der Waals surface area contributed by atoms with Crippen LogP contribution >= 0.6 is 11.3 Å². The first-order valence-electron chi connectivity index (χ1n) is 9.29. The van der Waals surface area contributed by atoms with E-state index in [-0.39, 0.29) is 32.3 Å². The number of hydrogen-bond acceptors (Lipinski definition) is 6. The lowest BCUT2D eigenvalue weighted by Crippen LogP contribution is -2.21. The highest BCUT2D eigenvalue weighted by molar-refractivity contribution is 7.91. The Morgan fingerprint density at radius 1 is 0.903 bits per heavy atom. The van der Waals surface area contributed by atoms with Gasteiger partial charge >= 0.3 is 0 Å². The summed E-state index contributed by atoms with van der Waals surface area (Å²) in [4.78, 5) is 29.5. The number of carbonyl (C=O) groups is 2. The van der Waals surface area contributed by atoms with Crippen molar-refractivity contribution < 1.29 is 18.0 Å². The number of thiazole rings is 1. The van der Waals surface area contributed by atoms with Crippen LogP contribution in [0.3, 0.4) is 0 Å². The van der Waals surface area contributed by atoms with E-state index in [9.17, 15) is 18.0 Å². The molecule has 1 aliphatic rings. The van der Waals surface area contributed by atoms with Gasteiger partial charge in [0.1, 0.15) is 5.01 Å². The second kappa shape index (κ2) is 7.26. The number of nitrogens with one attached hydrogen (secondary N) is 1. The highest BCUT2D eigenvalue weighted by atomic mass is 32.2. The monoisotopic (exact) mass is 446 g/mol. The molecule has 152 valence electrons. The van der Waals surface area contributed by atoms with Crippen LogP contribution in [0, 0.1) is 0 Å². The molecule has 0 unspecified atom stereocenters. The topological polar surface area (TPSA) is 93.2 Å². The SMILES string of the molecule is O=C(Nc1ccc(-c2nccs2)cc1)c1ccc2c(c1)S(=O)(=O)c1ccccc1C2=O. The van der Waals surface area contributed by atoms with Crippen LogP contribution < -0.4 is 5.32 Å². The molecule has 0 spiro atoms. The summed E-state index contributed by atoms with van der Waals surface area (Å²) in [5.41, 5.74) is 1.87. The minimum atomic E-state index is -3.90. The van der Waals surface area contributed by atoms with Crippen molar-refractivity contribution in [3.63, 3.8) is 0 Å². The number of aromatic nitrogens is 1. The molecule has 31 heavy (non-hydrogen) atoms. The van der Waals surface area contributed by atoms with Gasteiger partial charge in [-0.15, -0.1) is 11.3 Å². The van der Waals surface area contributed by atoms with Gasteiger partial charge < -0.3 is 5.32 Å². The normalized spacial score (nSPS) is 13.9. The predicted molar refractivity (Wildman–Crippen MR) is 117 cm³/mol. The average Bonchev–Trinajstić information content (AvgIpc) is 3.33. The molecule has 3 aromatic carbocycles. The van der Waals surface area contributed by atoms with Crippen LogP contribution in [0.1, 0.15) is 26.3 Å². The molecule has 1 N–H and O–H groups in total. The summed E-state index contributed by atoms with van der Waals surface area (Å²) < 4.78 is 26.1. The molecule has 4 aromatic rings. The highest BCUT2D eigenvalue weighted by Gasteiger charge is 2.35. The van der Waals surface area contributed by atoms with Crippen molar-refractivity contribution >= 4 is 38.6 Å². The van der Waals surface area contributed by atoms with E-state index >= 15 is 0 Å². The number of anilines is 1. The molecular weight excluding hydrogens is 432 g/mol. The van der Waals surface area contributed by atoms with Crippen LogP contribution in [0.15, 0.2) is 88.1 Å². The molecule has 1 aromatic heterocycles. The van der Waals surface area contributed by atoms with Gasteiger partial charge in [0.25, 0.3) is 5.91 Å². The fourth-order valence-corrected chi connectivity index (χ4v) is 5.81. The zero-order valence-corrected chi connectivity index (χ0v) is 17.5. The van der Waals surface area contributed by atoms with Gasteiger partial charge in [0.05, 0.1) is 9.79 Å². The maximum absolute atomic E-state index is 13.0. The van der Waals surface area contributed by atoms with Crippen LogP contribution in [0.5, 0.6) is 0 Å². The summed E-state index contributed by atoms with van der Waals surface area (Å²) in [7, 11) is -3.90. The van der Waals surface area contributed by atoms with Gasteiger partial charge in [0, 0.05) is 39.5 Å². The van der Waals surface area contributed by atoms with E-state index in [1.807, 2.05) is 17.5 Å². The molecular formula is C23H14N2O4S2. The number of sulfone groups is 1.